The van der Waals surface area contributed by atoms with Gasteiger partial charge in [0.2, 0.25) is 0 Å². The zero-order valence-electron chi connectivity index (χ0n) is 17.8. The molecule has 0 saturated carbocycles. The summed E-state index contributed by atoms with van der Waals surface area (Å²) in [6, 6.07) is 21.1. The second-order valence-electron chi connectivity index (χ2n) is 7.94. The molecule has 1 aliphatic heterocycles. The lowest BCUT2D eigenvalue weighted by Gasteiger charge is -2.25. The second-order valence-corrected chi connectivity index (χ2v) is 8.38. The summed E-state index contributed by atoms with van der Waals surface area (Å²) in [6.07, 6.45) is 1.76. The molecule has 4 aromatic rings. The van der Waals surface area contributed by atoms with Crippen LogP contribution < -0.4 is 0 Å². The van der Waals surface area contributed by atoms with Crippen LogP contribution in [0.4, 0.5) is 0 Å². The average molecular weight is 458 g/mol. The number of carbonyl (C=O) groups is 2. The maximum Gasteiger partial charge on any atom is 0.295 e. The third-order valence-corrected chi connectivity index (χ3v) is 6.06. The van der Waals surface area contributed by atoms with Crippen molar-refractivity contribution < 1.29 is 14.7 Å². The van der Waals surface area contributed by atoms with E-state index in [9.17, 15) is 14.7 Å². The highest BCUT2D eigenvalue weighted by Crippen LogP contribution is 2.41. The number of hydrogen-bond acceptors (Lipinski definition) is 4. The zero-order chi connectivity index (χ0) is 23.1. The molecule has 0 aliphatic carbocycles. The number of rotatable bonds is 4. The first-order valence-corrected chi connectivity index (χ1v) is 10.9. The van der Waals surface area contributed by atoms with Crippen LogP contribution in [-0.4, -0.2) is 31.1 Å². The summed E-state index contributed by atoms with van der Waals surface area (Å²) in [5.41, 5.74) is 3.11. The zero-order valence-corrected chi connectivity index (χ0v) is 18.5. The number of Topliss-reactive ketones (excluding diaryl/α,β-unsaturated/α-hetero) is 1. The molecule has 0 spiro atoms. The molecule has 0 bridgehead atoms. The average Bonchev–Trinajstić information content (AvgIpc) is 3.28. The molecular weight excluding hydrogens is 438 g/mol. The van der Waals surface area contributed by atoms with Crippen LogP contribution in [0.1, 0.15) is 28.6 Å². The quantitative estimate of drug-likeness (QED) is 0.268. The maximum absolute atomic E-state index is 13.3. The molecule has 33 heavy (non-hydrogen) atoms. The van der Waals surface area contributed by atoms with Crippen molar-refractivity contribution in [2.24, 2.45) is 0 Å². The Morgan fingerprint density at radius 1 is 1.03 bits per heavy atom. The van der Waals surface area contributed by atoms with E-state index >= 15 is 0 Å². The van der Waals surface area contributed by atoms with Gasteiger partial charge in [-0.1, -0.05) is 60.1 Å². The number of hydrogen-bond donors (Lipinski definition) is 1. The van der Waals surface area contributed by atoms with Crippen LogP contribution >= 0.6 is 11.6 Å². The number of carbonyl (C=O) groups excluding carboxylic acids is 2. The van der Waals surface area contributed by atoms with Crippen LogP contribution in [0.2, 0.25) is 5.02 Å². The summed E-state index contributed by atoms with van der Waals surface area (Å²) in [6.45, 7) is 1.97. The number of aromatic nitrogens is 2. The first kappa shape index (κ1) is 21.0. The highest BCUT2D eigenvalue weighted by Gasteiger charge is 2.46. The Labute approximate surface area is 195 Å². The molecule has 6 nitrogen and oxygen atoms in total. The van der Waals surface area contributed by atoms with Crippen LogP contribution in [0.15, 0.2) is 84.6 Å². The van der Waals surface area contributed by atoms with Gasteiger partial charge in [-0.3, -0.25) is 14.0 Å². The number of aryl methyl sites for hydroxylation is 1. The number of amides is 1. The molecule has 1 aliphatic rings. The van der Waals surface area contributed by atoms with E-state index < -0.39 is 17.7 Å². The number of halogens is 1. The Morgan fingerprint density at radius 2 is 1.79 bits per heavy atom. The van der Waals surface area contributed by atoms with Crippen LogP contribution in [0.3, 0.4) is 0 Å². The highest BCUT2D eigenvalue weighted by molar-refractivity contribution is 6.46. The first-order chi connectivity index (χ1) is 16.0. The maximum atomic E-state index is 13.3. The molecule has 5 rings (SSSR count). The summed E-state index contributed by atoms with van der Waals surface area (Å²) in [5, 5.41) is 11.9. The van der Waals surface area contributed by atoms with Crippen LogP contribution in [0.25, 0.3) is 11.4 Å². The standard InChI is InChI=1S/C26H20ClN3O3/c1-16-22(29-13-6-5-12-20(29)28-16)24(31)21-23(18-10-7-11-19(27)14-18)30(26(33)25(21)32)15-17-8-3-2-4-9-17/h2-14,23,31H,15H2,1H3. The number of pyridine rings is 1. The van der Waals surface area contributed by atoms with E-state index in [1.807, 2.05) is 48.5 Å². The molecule has 0 radical (unpaired) electrons. The van der Waals surface area contributed by atoms with E-state index in [4.69, 9.17) is 11.6 Å². The number of ketones is 1. The Hall–Kier alpha value is -3.90. The van der Waals surface area contributed by atoms with Gasteiger partial charge in [0.15, 0.2) is 5.76 Å². The van der Waals surface area contributed by atoms with Crippen molar-refractivity contribution >= 4 is 34.7 Å². The number of aliphatic hydroxyl groups is 1. The van der Waals surface area contributed by atoms with Crippen molar-refractivity contribution in [2.45, 2.75) is 19.5 Å². The smallest absolute Gasteiger partial charge is 0.295 e. The van der Waals surface area contributed by atoms with Crippen molar-refractivity contribution in [1.29, 1.82) is 0 Å². The summed E-state index contributed by atoms with van der Waals surface area (Å²) in [4.78, 5) is 32.4. The lowest BCUT2D eigenvalue weighted by Crippen LogP contribution is -2.29. The second kappa shape index (κ2) is 8.22. The topological polar surface area (TPSA) is 74.9 Å². The largest absolute Gasteiger partial charge is 0.505 e. The van der Waals surface area contributed by atoms with Crippen LogP contribution in [-0.2, 0) is 16.1 Å². The van der Waals surface area contributed by atoms with Gasteiger partial charge in [-0.05, 0) is 42.3 Å². The first-order valence-electron chi connectivity index (χ1n) is 10.5. The number of aliphatic hydroxyl groups excluding tert-OH is 1. The number of benzene rings is 2. The molecule has 7 heteroatoms. The van der Waals surface area contributed by atoms with E-state index in [-0.39, 0.29) is 17.9 Å². The molecular formula is C26H20ClN3O3. The van der Waals surface area contributed by atoms with Crippen LogP contribution in [0, 0.1) is 6.92 Å². The number of nitrogens with zero attached hydrogens (tertiary/aromatic N) is 3. The van der Waals surface area contributed by atoms with E-state index in [0.29, 0.717) is 27.6 Å². The van der Waals surface area contributed by atoms with E-state index in [1.54, 1.807) is 41.8 Å². The van der Waals surface area contributed by atoms with Crippen molar-refractivity contribution in [3.8, 4) is 0 Å². The Bertz CT molecular complexity index is 1430. The lowest BCUT2D eigenvalue weighted by molar-refractivity contribution is -0.140. The SMILES string of the molecule is Cc1nc2ccccn2c1C(O)=C1C(=O)C(=O)N(Cc2ccccc2)C1c1cccc(Cl)c1. The molecule has 2 aromatic carbocycles. The molecule has 1 amide bonds. The molecule has 1 unspecified atom stereocenters. The summed E-state index contributed by atoms with van der Waals surface area (Å²) in [5.74, 6) is -1.67. The normalized spacial score (nSPS) is 17.8. The minimum atomic E-state index is -0.794. The Balaban J connectivity index is 1.73. The Kier molecular flexibility index (Phi) is 5.23. The molecule has 1 atom stereocenters. The van der Waals surface area contributed by atoms with Gasteiger partial charge >= 0.3 is 0 Å². The predicted octanol–water partition coefficient (Wildman–Crippen LogP) is 4.92. The minimum absolute atomic E-state index is 0.0203. The van der Waals surface area contributed by atoms with Gasteiger partial charge in [0.05, 0.1) is 17.3 Å². The summed E-state index contributed by atoms with van der Waals surface area (Å²) in [7, 11) is 0. The molecule has 2 aromatic heterocycles. The molecule has 164 valence electrons. The fourth-order valence-electron chi connectivity index (χ4n) is 4.37. The van der Waals surface area contributed by atoms with Crippen molar-refractivity contribution in [2.75, 3.05) is 0 Å². The van der Waals surface area contributed by atoms with Gasteiger partial charge in [-0.25, -0.2) is 4.98 Å². The molecule has 1 fully saturated rings. The number of imidazole rings is 1. The predicted molar refractivity (Wildman–Crippen MR) is 126 cm³/mol. The van der Waals surface area contributed by atoms with E-state index in [0.717, 1.165) is 5.56 Å². The van der Waals surface area contributed by atoms with Gasteiger partial charge in [-0.15, -0.1) is 0 Å². The number of fused-ring (bicyclic) bond motifs is 1. The highest BCUT2D eigenvalue weighted by atomic mass is 35.5. The van der Waals surface area contributed by atoms with E-state index in [2.05, 4.69) is 4.98 Å². The summed E-state index contributed by atoms with van der Waals surface area (Å²) >= 11 is 6.25. The third kappa shape index (κ3) is 3.58. The van der Waals surface area contributed by atoms with Gasteiger partial charge < -0.3 is 10.0 Å². The monoisotopic (exact) mass is 457 g/mol. The fourth-order valence-corrected chi connectivity index (χ4v) is 4.57. The molecule has 3 heterocycles. The van der Waals surface area contributed by atoms with Gasteiger partial charge in [0, 0.05) is 17.8 Å². The van der Waals surface area contributed by atoms with Crippen molar-refractivity contribution in [3.05, 3.63) is 112 Å². The van der Waals surface area contributed by atoms with Crippen molar-refractivity contribution in [1.82, 2.24) is 14.3 Å². The van der Waals surface area contributed by atoms with E-state index in [1.165, 1.54) is 4.90 Å². The van der Waals surface area contributed by atoms with Crippen molar-refractivity contribution in [3.63, 3.8) is 0 Å². The van der Waals surface area contributed by atoms with Gasteiger partial charge in [-0.2, -0.15) is 0 Å². The third-order valence-electron chi connectivity index (χ3n) is 5.83. The Morgan fingerprint density at radius 3 is 2.55 bits per heavy atom. The molecule has 1 saturated heterocycles. The van der Waals surface area contributed by atoms with Gasteiger partial charge in [0.25, 0.3) is 11.7 Å². The van der Waals surface area contributed by atoms with Gasteiger partial charge in [0.1, 0.15) is 11.3 Å². The fraction of sp³-hybridized carbons (Fsp3) is 0.115. The number of likely N-dealkylation sites (tertiary alicyclic amines) is 1. The van der Waals surface area contributed by atoms with Crippen LogP contribution in [0.5, 0.6) is 0 Å². The lowest BCUT2D eigenvalue weighted by atomic mass is 9.96. The summed E-state index contributed by atoms with van der Waals surface area (Å²) < 4.78 is 1.71. The minimum Gasteiger partial charge on any atom is -0.505 e. The molecule has 1 N–H and O–H groups in total.